The molecule has 0 bridgehead atoms. The number of alkyl halides is 3. The first kappa shape index (κ1) is 14.8. The summed E-state index contributed by atoms with van der Waals surface area (Å²) in [5.74, 6) is 0. The van der Waals surface area contributed by atoms with Crippen LogP contribution in [0, 0.1) is 0 Å². The van der Waals surface area contributed by atoms with Gasteiger partial charge in [-0.05, 0) is 17.7 Å². The molecule has 0 heterocycles. The summed E-state index contributed by atoms with van der Waals surface area (Å²) in [4.78, 5) is 0. The first-order chi connectivity index (χ1) is 7.80. The molecule has 96 valence electrons. The molecule has 0 radical (unpaired) electrons. The Hall–Kier alpha value is -0.300. The fourth-order valence-electron chi connectivity index (χ4n) is 1.12. The first-order valence-corrected chi connectivity index (χ1v) is 5.87. The van der Waals surface area contributed by atoms with Crippen LogP contribution in [0.4, 0.5) is 13.2 Å². The largest absolute Gasteiger partial charge is 0.415 e. The lowest BCUT2D eigenvalue weighted by Gasteiger charge is -2.15. The number of hydrogen-bond donors (Lipinski definition) is 2. The van der Waals surface area contributed by atoms with Gasteiger partial charge in [0.05, 0.1) is 0 Å². The second kappa shape index (κ2) is 6.04. The van der Waals surface area contributed by atoms with Crippen molar-refractivity contribution in [3.8, 4) is 0 Å². The number of aliphatic hydroxyl groups is 1. The topological polar surface area (TPSA) is 32.3 Å². The van der Waals surface area contributed by atoms with Gasteiger partial charge in [-0.25, -0.2) is 0 Å². The number of benzene rings is 1. The summed E-state index contributed by atoms with van der Waals surface area (Å²) in [6, 6.07) is 5.08. The standard InChI is InChI=1S/C10H10BrClF3NO/c11-7-2-1-6(8(12)3-7)4-16-5-9(17)10(13,14)15/h1-3,9,16-17H,4-5H2. The molecule has 0 aliphatic carbocycles. The van der Waals surface area contributed by atoms with Gasteiger partial charge in [-0.15, -0.1) is 0 Å². The van der Waals surface area contributed by atoms with Crippen molar-refractivity contribution in [3.05, 3.63) is 33.3 Å². The molecule has 0 aliphatic heterocycles. The summed E-state index contributed by atoms with van der Waals surface area (Å²) < 4.78 is 36.7. The van der Waals surface area contributed by atoms with Crippen LogP contribution >= 0.6 is 27.5 Å². The monoisotopic (exact) mass is 331 g/mol. The minimum atomic E-state index is -4.60. The molecule has 1 unspecified atom stereocenters. The van der Waals surface area contributed by atoms with E-state index in [4.69, 9.17) is 16.7 Å². The molecule has 0 aliphatic rings. The van der Waals surface area contributed by atoms with Gasteiger partial charge >= 0.3 is 6.18 Å². The Balaban J connectivity index is 2.46. The Bertz CT molecular complexity index is 386. The van der Waals surface area contributed by atoms with Gasteiger partial charge in [0.25, 0.3) is 0 Å². The number of rotatable bonds is 4. The van der Waals surface area contributed by atoms with E-state index in [-0.39, 0.29) is 6.54 Å². The van der Waals surface area contributed by atoms with Crippen LogP contribution in [0.25, 0.3) is 0 Å². The molecule has 0 saturated heterocycles. The van der Waals surface area contributed by atoms with Crippen molar-refractivity contribution in [1.82, 2.24) is 5.32 Å². The maximum Gasteiger partial charge on any atom is 0.415 e. The smallest absolute Gasteiger partial charge is 0.382 e. The third-order valence-electron chi connectivity index (χ3n) is 2.05. The van der Waals surface area contributed by atoms with E-state index in [9.17, 15) is 13.2 Å². The molecule has 2 nitrogen and oxygen atoms in total. The van der Waals surface area contributed by atoms with Crippen molar-refractivity contribution in [3.63, 3.8) is 0 Å². The highest BCUT2D eigenvalue weighted by molar-refractivity contribution is 9.10. The predicted octanol–water partition coefficient (Wildman–Crippen LogP) is 3.12. The number of halogens is 5. The van der Waals surface area contributed by atoms with Gasteiger partial charge in [-0.3, -0.25) is 0 Å². The van der Waals surface area contributed by atoms with Gasteiger partial charge in [0.2, 0.25) is 0 Å². The molecule has 0 fully saturated rings. The lowest BCUT2D eigenvalue weighted by molar-refractivity contribution is -0.201. The lowest BCUT2D eigenvalue weighted by Crippen LogP contribution is -2.38. The Kier molecular flexibility index (Phi) is 5.24. The Morgan fingerprint density at radius 2 is 2.06 bits per heavy atom. The summed E-state index contributed by atoms with van der Waals surface area (Å²) in [5, 5.41) is 11.7. The Labute approximate surface area is 110 Å². The summed E-state index contributed by atoms with van der Waals surface area (Å²) in [6.45, 7) is -0.394. The molecular weight excluding hydrogens is 322 g/mol. The normalized spacial score (nSPS) is 13.8. The van der Waals surface area contributed by atoms with Gasteiger partial charge in [-0.1, -0.05) is 33.6 Å². The number of aliphatic hydroxyl groups excluding tert-OH is 1. The summed E-state index contributed by atoms with van der Waals surface area (Å²) in [6.07, 6.45) is -6.96. The minimum Gasteiger partial charge on any atom is -0.382 e. The van der Waals surface area contributed by atoms with E-state index < -0.39 is 18.8 Å². The third-order valence-corrected chi connectivity index (χ3v) is 2.89. The van der Waals surface area contributed by atoms with E-state index >= 15 is 0 Å². The number of hydrogen-bond acceptors (Lipinski definition) is 2. The zero-order valence-electron chi connectivity index (χ0n) is 8.56. The van der Waals surface area contributed by atoms with Crippen LogP contribution in [0.2, 0.25) is 5.02 Å². The Morgan fingerprint density at radius 1 is 1.41 bits per heavy atom. The zero-order chi connectivity index (χ0) is 13.1. The molecule has 2 N–H and O–H groups in total. The quantitative estimate of drug-likeness (QED) is 0.888. The highest BCUT2D eigenvalue weighted by Gasteiger charge is 2.37. The van der Waals surface area contributed by atoms with Gasteiger partial charge in [0.1, 0.15) is 0 Å². The molecule has 1 rings (SSSR count). The Morgan fingerprint density at radius 3 is 2.59 bits per heavy atom. The van der Waals surface area contributed by atoms with Gasteiger partial charge < -0.3 is 10.4 Å². The van der Waals surface area contributed by atoms with Crippen LogP contribution in [-0.2, 0) is 6.54 Å². The molecule has 0 saturated carbocycles. The van der Waals surface area contributed by atoms with Gasteiger partial charge in [0.15, 0.2) is 6.10 Å². The highest BCUT2D eigenvalue weighted by Crippen LogP contribution is 2.22. The molecule has 0 aromatic heterocycles. The average Bonchev–Trinajstić information content (AvgIpc) is 2.19. The molecule has 1 aromatic rings. The lowest BCUT2D eigenvalue weighted by atomic mass is 10.2. The van der Waals surface area contributed by atoms with Crippen LogP contribution in [0.15, 0.2) is 22.7 Å². The van der Waals surface area contributed by atoms with Crippen molar-refractivity contribution in [2.24, 2.45) is 0 Å². The maximum atomic E-state index is 12.0. The minimum absolute atomic E-state index is 0.166. The van der Waals surface area contributed by atoms with Crippen molar-refractivity contribution in [1.29, 1.82) is 0 Å². The van der Waals surface area contributed by atoms with E-state index in [2.05, 4.69) is 21.2 Å². The molecule has 0 spiro atoms. The van der Waals surface area contributed by atoms with E-state index in [0.29, 0.717) is 10.6 Å². The van der Waals surface area contributed by atoms with Crippen LogP contribution in [0.3, 0.4) is 0 Å². The van der Waals surface area contributed by atoms with E-state index in [1.807, 2.05) is 0 Å². The fourth-order valence-corrected chi connectivity index (χ4v) is 1.86. The molecule has 7 heteroatoms. The maximum absolute atomic E-state index is 12.0. The van der Waals surface area contributed by atoms with Crippen LogP contribution < -0.4 is 5.32 Å². The second-order valence-electron chi connectivity index (χ2n) is 3.42. The van der Waals surface area contributed by atoms with Crippen molar-refractivity contribution >= 4 is 27.5 Å². The number of nitrogens with one attached hydrogen (secondary N) is 1. The second-order valence-corrected chi connectivity index (χ2v) is 4.75. The first-order valence-electron chi connectivity index (χ1n) is 4.70. The fraction of sp³-hybridized carbons (Fsp3) is 0.400. The van der Waals surface area contributed by atoms with Crippen LogP contribution in [-0.4, -0.2) is 23.9 Å². The predicted molar refractivity (Wildman–Crippen MR) is 62.9 cm³/mol. The molecule has 17 heavy (non-hydrogen) atoms. The van der Waals surface area contributed by atoms with Crippen molar-refractivity contribution in [2.45, 2.75) is 18.8 Å². The highest BCUT2D eigenvalue weighted by atomic mass is 79.9. The van der Waals surface area contributed by atoms with E-state index in [0.717, 1.165) is 4.47 Å². The van der Waals surface area contributed by atoms with Gasteiger partial charge in [-0.2, -0.15) is 13.2 Å². The molecule has 1 aromatic carbocycles. The summed E-state index contributed by atoms with van der Waals surface area (Å²) in [5.41, 5.74) is 0.671. The summed E-state index contributed by atoms with van der Waals surface area (Å²) >= 11 is 9.10. The van der Waals surface area contributed by atoms with Gasteiger partial charge in [0, 0.05) is 22.6 Å². The zero-order valence-corrected chi connectivity index (χ0v) is 10.9. The third kappa shape index (κ3) is 4.83. The van der Waals surface area contributed by atoms with Crippen LogP contribution in [0.5, 0.6) is 0 Å². The summed E-state index contributed by atoms with van der Waals surface area (Å²) in [7, 11) is 0. The van der Waals surface area contributed by atoms with Crippen molar-refractivity contribution < 1.29 is 18.3 Å². The van der Waals surface area contributed by atoms with Crippen LogP contribution in [0.1, 0.15) is 5.56 Å². The molecule has 0 amide bonds. The average molecular weight is 333 g/mol. The van der Waals surface area contributed by atoms with Crippen molar-refractivity contribution in [2.75, 3.05) is 6.54 Å². The van der Waals surface area contributed by atoms with E-state index in [1.165, 1.54) is 0 Å². The van der Waals surface area contributed by atoms with E-state index in [1.54, 1.807) is 18.2 Å². The molecule has 1 atom stereocenters. The SMILES string of the molecule is OC(CNCc1ccc(Br)cc1Cl)C(F)(F)F. The molecular formula is C10H10BrClF3NO.